The largest absolute Gasteiger partial charge is 0.416 e. The molecule has 0 saturated carbocycles. The first-order chi connectivity index (χ1) is 11.4. The Morgan fingerprint density at radius 1 is 1.29 bits per heavy atom. The number of aromatic nitrogens is 3. The molecule has 1 atom stereocenters. The van der Waals surface area contributed by atoms with Gasteiger partial charge in [0.05, 0.1) is 11.3 Å². The molecule has 24 heavy (non-hydrogen) atoms. The maximum Gasteiger partial charge on any atom is 0.416 e. The van der Waals surface area contributed by atoms with Crippen molar-refractivity contribution in [1.29, 1.82) is 0 Å². The molecule has 0 bridgehead atoms. The van der Waals surface area contributed by atoms with Crippen molar-refractivity contribution >= 4 is 0 Å². The maximum absolute atomic E-state index is 12.9. The van der Waals surface area contributed by atoms with Crippen molar-refractivity contribution in [3.8, 4) is 5.69 Å². The molecule has 2 heterocycles. The van der Waals surface area contributed by atoms with Gasteiger partial charge in [0, 0.05) is 13.0 Å². The van der Waals surface area contributed by atoms with Crippen LogP contribution in [0.15, 0.2) is 30.6 Å². The Labute approximate surface area is 139 Å². The van der Waals surface area contributed by atoms with Gasteiger partial charge in [-0.3, -0.25) is 0 Å². The lowest BCUT2D eigenvalue weighted by Gasteiger charge is -2.29. The average molecular weight is 338 g/mol. The van der Waals surface area contributed by atoms with Gasteiger partial charge in [-0.05, 0) is 57.0 Å². The molecule has 1 aromatic carbocycles. The summed E-state index contributed by atoms with van der Waals surface area (Å²) in [4.78, 5) is 6.57. The Bertz CT molecular complexity index is 680. The molecule has 0 spiro atoms. The average Bonchev–Trinajstić information content (AvgIpc) is 3.01. The predicted molar refractivity (Wildman–Crippen MR) is 84.9 cm³/mol. The third kappa shape index (κ3) is 3.95. The highest BCUT2D eigenvalue weighted by atomic mass is 19.4. The van der Waals surface area contributed by atoms with Gasteiger partial charge in [-0.25, -0.2) is 9.67 Å². The summed E-state index contributed by atoms with van der Waals surface area (Å²) in [6.07, 6.45) is 1.13. The van der Waals surface area contributed by atoms with Gasteiger partial charge in [-0.15, -0.1) is 0 Å². The van der Waals surface area contributed by atoms with Crippen molar-refractivity contribution in [2.75, 3.05) is 20.1 Å². The van der Waals surface area contributed by atoms with Gasteiger partial charge in [0.25, 0.3) is 0 Å². The molecule has 0 N–H and O–H groups in total. The van der Waals surface area contributed by atoms with Crippen LogP contribution >= 0.6 is 0 Å². The van der Waals surface area contributed by atoms with Crippen LogP contribution in [0.25, 0.3) is 5.69 Å². The lowest BCUT2D eigenvalue weighted by atomic mass is 9.93. The highest BCUT2D eigenvalue weighted by Gasteiger charge is 2.30. The fraction of sp³-hybridized carbons (Fsp3) is 0.529. The highest BCUT2D eigenvalue weighted by molar-refractivity contribution is 5.36. The SMILES string of the molecule is CN1CCCC(CCc2ncnn2-c2cccc(C(F)(F)F)c2)C1. The predicted octanol–water partition coefficient (Wildman–Crippen LogP) is 3.56. The van der Waals surface area contributed by atoms with Gasteiger partial charge in [0.1, 0.15) is 12.2 Å². The first-order valence-electron chi connectivity index (χ1n) is 8.18. The van der Waals surface area contributed by atoms with Crippen LogP contribution in [0.5, 0.6) is 0 Å². The van der Waals surface area contributed by atoms with Gasteiger partial charge in [-0.2, -0.15) is 18.3 Å². The maximum atomic E-state index is 12.9. The summed E-state index contributed by atoms with van der Waals surface area (Å²) in [5.74, 6) is 1.32. The summed E-state index contributed by atoms with van der Waals surface area (Å²) in [6.45, 7) is 2.20. The molecule has 0 aliphatic carbocycles. The summed E-state index contributed by atoms with van der Waals surface area (Å²) in [5.41, 5.74) is -0.270. The fourth-order valence-corrected chi connectivity index (χ4v) is 3.31. The number of likely N-dealkylation sites (tertiary alicyclic amines) is 1. The van der Waals surface area contributed by atoms with Crippen molar-refractivity contribution in [2.24, 2.45) is 5.92 Å². The molecule has 0 amide bonds. The molecule has 130 valence electrons. The monoisotopic (exact) mass is 338 g/mol. The van der Waals surface area contributed by atoms with Crippen LogP contribution in [0.1, 0.15) is 30.7 Å². The number of alkyl halides is 3. The zero-order valence-electron chi connectivity index (χ0n) is 13.6. The Hall–Kier alpha value is -1.89. The van der Waals surface area contributed by atoms with E-state index in [1.807, 2.05) is 0 Å². The molecule has 4 nitrogen and oxygen atoms in total. The number of benzene rings is 1. The normalized spacial score (nSPS) is 19.6. The molecule has 1 aromatic heterocycles. The van der Waals surface area contributed by atoms with Crippen LogP contribution < -0.4 is 0 Å². The van der Waals surface area contributed by atoms with E-state index in [0.29, 0.717) is 17.4 Å². The van der Waals surface area contributed by atoms with Crippen molar-refractivity contribution in [1.82, 2.24) is 19.7 Å². The number of piperidine rings is 1. The van der Waals surface area contributed by atoms with E-state index >= 15 is 0 Å². The van der Waals surface area contributed by atoms with E-state index in [9.17, 15) is 13.2 Å². The minimum Gasteiger partial charge on any atom is -0.306 e. The minimum absolute atomic E-state index is 0.401. The van der Waals surface area contributed by atoms with Gasteiger partial charge < -0.3 is 4.90 Å². The number of hydrogen-bond donors (Lipinski definition) is 0. The van der Waals surface area contributed by atoms with E-state index in [-0.39, 0.29) is 0 Å². The molecular weight excluding hydrogens is 317 g/mol. The van der Waals surface area contributed by atoms with E-state index in [2.05, 4.69) is 22.0 Å². The number of hydrogen-bond acceptors (Lipinski definition) is 3. The highest BCUT2D eigenvalue weighted by Crippen LogP contribution is 2.30. The Balaban J connectivity index is 1.73. The number of rotatable bonds is 4. The lowest BCUT2D eigenvalue weighted by molar-refractivity contribution is -0.137. The Kier molecular flexibility index (Phi) is 4.89. The van der Waals surface area contributed by atoms with Crippen LogP contribution in [0.4, 0.5) is 13.2 Å². The van der Waals surface area contributed by atoms with Gasteiger partial charge in [0.15, 0.2) is 0 Å². The van der Waals surface area contributed by atoms with Crippen LogP contribution in [-0.4, -0.2) is 39.8 Å². The topological polar surface area (TPSA) is 34.0 Å². The number of nitrogens with zero attached hydrogens (tertiary/aromatic N) is 4. The molecule has 1 aliphatic heterocycles. The van der Waals surface area contributed by atoms with E-state index in [0.717, 1.165) is 38.1 Å². The second kappa shape index (κ2) is 6.93. The minimum atomic E-state index is -4.36. The van der Waals surface area contributed by atoms with Gasteiger partial charge >= 0.3 is 6.18 Å². The van der Waals surface area contributed by atoms with Crippen molar-refractivity contribution in [3.63, 3.8) is 0 Å². The standard InChI is InChI=1S/C17H21F3N4/c1-23-9-3-4-13(11-23)7-8-16-21-12-22-24(16)15-6-2-5-14(10-15)17(18,19)20/h2,5-6,10,12-13H,3-4,7-9,11H2,1H3. The van der Waals surface area contributed by atoms with Crippen molar-refractivity contribution in [3.05, 3.63) is 42.0 Å². The summed E-state index contributed by atoms with van der Waals surface area (Å²) in [6, 6.07) is 5.21. The van der Waals surface area contributed by atoms with Crippen LogP contribution in [0, 0.1) is 5.92 Å². The summed E-state index contributed by atoms with van der Waals surface area (Å²) in [5, 5.41) is 4.12. The molecule has 7 heteroatoms. The van der Waals surface area contributed by atoms with Crippen LogP contribution in [0.3, 0.4) is 0 Å². The molecule has 1 saturated heterocycles. The van der Waals surface area contributed by atoms with Gasteiger partial charge in [-0.1, -0.05) is 6.07 Å². The second-order valence-electron chi connectivity index (χ2n) is 6.45. The Morgan fingerprint density at radius 2 is 2.12 bits per heavy atom. The van der Waals surface area contributed by atoms with Gasteiger partial charge in [0.2, 0.25) is 0 Å². The van der Waals surface area contributed by atoms with Crippen LogP contribution in [-0.2, 0) is 12.6 Å². The zero-order chi connectivity index (χ0) is 17.2. The number of aryl methyl sites for hydroxylation is 1. The second-order valence-corrected chi connectivity index (χ2v) is 6.45. The smallest absolute Gasteiger partial charge is 0.306 e. The van der Waals surface area contributed by atoms with E-state index in [1.54, 1.807) is 6.07 Å². The van der Waals surface area contributed by atoms with Crippen LogP contribution in [0.2, 0.25) is 0 Å². The van der Waals surface area contributed by atoms with Crippen molar-refractivity contribution < 1.29 is 13.2 Å². The first kappa shape index (κ1) is 17.0. The quantitative estimate of drug-likeness (QED) is 0.855. The molecule has 3 rings (SSSR count). The van der Waals surface area contributed by atoms with E-state index in [4.69, 9.17) is 0 Å². The molecule has 1 aliphatic rings. The Morgan fingerprint density at radius 3 is 2.88 bits per heavy atom. The molecule has 2 aromatic rings. The third-order valence-electron chi connectivity index (χ3n) is 4.53. The summed E-state index contributed by atoms with van der Waals surface area (Å²) >= 11 is 0. The number of halogens is 3. The first-order valence-corrected chi connectivity index (χ1v) is 8.18. The summed E-state index contributed by atoms with van der Waals surface area (Å²) < 4.78 is 40.2. The van der Waals surface area contributed by atoms with E-state index in [1.165, 1.54) is 29.9 Å². The molecule has 1 fully saturated rings. The fourth-order valence-electron chi connectivity index (χ4n) is 3.31. The lowest BCUT2D eigenvalue weighted by Crippen LogP contribution is -2.32. The van der Waals surface area contributed by atoms with E-state index < -0.39 is 11.7 Å². The van der Waals surface area contributed by atoms with Crippen molar-refractivity contribution in [2.45, 2.75) is 31.9 Å². The third-order valence-corrected chi connectivity index (χ3v) is 4.53. The molecular formula is C17H21F3N4. The zero-order valence-corrected chi connectivity index (χ0v) is 13.6. The molecule has 0 radical (unpaired) electrons. The molecule has 1 unspecified atom stereocenters. The summed E-state index contributed by atoms with van der Waals surface area (Å²) in [7, 11) is 2.12.